The fourth-order valence-corrected chi connectivity index (χ4v) is 8.10. The average Bonchev–Trinajstić information content (AvgIpc) is 3.93. The smallest absolute Gasteiger partial charge is 0.238 e. The maximum absolute atomic E-state index is 13.6. The van der Waals surface area contributed by atoms with Gasteiger partial charge in [-0.3, -0.25) is 14.3 Å². The van der Waals surface area contributed by atoms with Crippen LogP contribution in [0.3, 0.4) is 0 Å². The number of nitrogens with two attached hydrogens (primary N) is 2. The molecule has 1 saturated carbocycles. The minimum atomic E-state index is -4.11. The third kappa shape index (κ3) is 11.8. The molecule has 318 valence electrons. The van der Waals surface area contributed by atoms with Gasteiger partial charge in [0.25, 0.3) is 0 Å². The molecule has 19 heteroatoms. The number of primary sulfonamides is 2. The first kappa shape index (κ1) is 44.9. The van der Waals surface area contributed by atoms with Crippen LogP contribution in [0.15, 0.2) is 119 Å². The molecule has 7 rings (SSSR count). The molecule has 6 N–H and O–H groups in total. The van der Waals surface area contributed by atoms with Crippen molar-refractivity contribution in [2.45, 2.75) is 61.5 Å². The van der Waals surface area contributed by atoms with E-state index >= 15 is 0 Å². The van der Waals surface area contributed by atoms with Gasteiger partial charge in [-0.2, -0.15) is 5.10 Å². The number of halogens is 3. The van der Waals surface area contributed by atoms with Crippen LogP contribution in [0.25, 0.3) is 22.3 Å². The van der Waals surface area contributed by atoms with E-state index in [9.17, 15) is 30.8 Å². The van der Waals surface area contributed by atoms with Crippen molar-refractivity contribution in [1.82, 2.24) is 14.8 Å². The lowest BCUT2D eigenvalue weighted by atomic mass is 10.1. The van der Waals surface area contributed by atoms with Crippen molar-refractivity contribution in [3.05, 3.63) is 137 Å². The van der Waals surface area contributed by atoms with E-state index in [0.29, 0.717) is 50.1 Å². The van der Waals surface area contributed by atoms with Crippen LogP contribution in [0, 0.1) is 5.82 Å². The summed E-state index contributed by atoms with van der Waals surface area (Å²) in [5.74, 6) is -1.14. The van der Waals surface area contributed by atoms with Crippen LogP contribution in [0.2, 0.25) is 10.0 Å². The monoisotopic (exact) mass is 907 g/mol. The lowest BCUT2D eigenvalue weighted by Gasteiger charge is -2.16. The summed E-state index contributed by atoms with van der Waals surface area (Å²) in [5, 5.41) is 20.8. The predicted octanol–water partition coefficient (Wildman–Crippen LogP) is 7.52. The molecular weight excluding hydrogens is 869 g/mol. The number of sulfonamides is 2. The number of pyridine rings is 1. The fourth-order valence-electron chi connectivity index (χ4n) is 6.14. The molecule has 0 atom stereocenters. The van der Waals surface area contributed by atoms with Crippen molar-refractivity contribution in [2.24, 2.45) is 10.3 Å². The maximum Gasteiger partial charge on any atom is 0.238 e. The molecule has 1 aliphatic rings. The van der Waals surface area contributed by atoms with Crippen LogP contribution < -0.4 is 25.6 Å². The third-order valence-electron chi connectivity index (χ3n) is 9.08. The third-order valence-corrected chi connectivity index (χ3v) is 11.8. The minimum Gasteiger partial charge on any atom is -0.475 e. The second-order valence-electron chi connectivity index (χ2n) is 14.2. The summed E-state index contributed by atoms with van der Waals surface area (Å²) < 4.78 is 70.0. The first-order chi connectivity index (χ1) is 28.9. The summed E-state index contributed by atoms with van der Waals surface area (Å²) >= 11 is 12.0. The molecule has 0 radical (unpaired) electrons. The fraction of sp³-hybridized carbons (Fsp3) is 0.190. The topological polar surface area (TPSA) is 218 Å². The van der Waals surface area contributed by atoms with Crippen molar-refractivity contribution in [3.8, 4) is 28.1 Å². The molecule has 2 amide bonds. The molecule has 0 bridgehead atoms. The molecule has 0 unspecified atom stereocenters. The summed E-state index contributed by atoms with van der Waals surface area (Å²) in [5.41, 5.74) is 3.35. The number of anilines is 2. The SMILES string of the molecule is CC(C)Oc1ncccc1-c1ccc(NC(=O)Cc2ccccc2Cl)cc1S(N)(=O)=O.NS(=O)(=O)c1cc(NC(=O)Cc2cccc(F)c2Cl)ccc1-c1cnn(C2CC2)c1. The Labute approximate surface area is 362 Å². The molecular formula is C42H40Cl2FN7O7S2. The summed E-state index contributed by atoms with van der Waals surface area (Å²) in [6.07, 6.45) is 6.74. The highest BCUT2D eigenvalue weighted by atomic mass is 35.5. The van der Waals surface area contributed by atoms with Crippen LogP contribution in [-0.2, 0) is 42.5 Å². The van der Waals surface area contributed by atoms with Crippen LogP contribution >= 0.6 is 23.2 Å². The molecule has 1 aliphatic carbocycles. The normalized spacial score (nSPS) is 12.7. The number of carbonyl (C=O) groups is 2. The Balaban J connectivity index is 0.000000204. The highest BCUT2D eigenvalue weighted by molar-refractivity contribution is 7.89. The number of nitrogens with one attached hydrogen (secondary N) is 2. The van der Waals surface area contributed by atoms with E-state index in [-0.39, 0.29) is 51.2 Å². The zero-order chi connectivity index (χ0) is 44.1. The first-order valence-electron chi connectivity index (χ1n) is 18.6. The van der Waals surface area contributed by atoms with E-state index in [1.165, 1.54) is 24.3 Å². The summed E-state index contributed by atoms with van der Waals surface area (Å²) in [7, 11) is -8.17. The highest BCUT2D eigenvalue weighted by Gasteiger charge is 2.26. The number of aromatic nitrogens is 3. The number of rotatable bonds is 13. The predicted molar refractivity (Wildman–Crippen MR) is 232 cm³/mol. The molecule has 0 aliphatic heterocycles. The second kappa shape index (κ2) is 18.9. The van der Waals surface area contributed by atoms with E-state index in [2.05, 4.69) is 20.7 Å². The second-order valence-corrected chi connectivity index (χ2v) is 18.1. The summed E-state index contributed by atoms with van der Waals surface area (Å²) in [6, 6.07) is 23.9. The molecule has 6 aromatic rings. The van der Waals surface area contributed by atoms with Gasteiger partial charge in [0.2, 0.25) is 37.7 Å². The number of hydrogen-bond acceptors (Lipinski definition) is 9. The molecule has 0 saturated heterocycles. The van der Waals surface area contributed by atoms with Gasteiger partial charge in [0.05, 0.1) is 46.0 Å². The Morgan fingerprint density at radius 3 is 2.00 bits per heavy atom. The number of benzene rings is 4. The molecule has 2 heterocycles. The van der Waals surface area contributed by atoms with Gasteiger partial charge in [-0.15, -0.1) is 0 Å². The summed E-state index contributed by atoms with van der Waals surface area (Å²) in [4.78, 5) is 28.7. The van der Waals surface area contributed by atoms with Crippen molar-refractivity contribution >= 4 is 66.4 Å². The van der Waals surface area contributed by atoms with Gasteiger partial charge in [0.1, 0.15) is 5.82 Å². The summed E-state index contributed by atoms with van der Waals surface area (Å²) in [6.45, 7) is 3.69. The Morgan fingerprint density at radius 2 is 1.39 bits per heavy atom. The van der Waals surface area contributed by atoms with E-state index < -0.39 is 31.8 Å². The van der Waals surface area contributed by atoms with E-state index in [1.807, 2.05) is 13.8 Å². The lowest BCUT2D eigenvalue weighted by Crippen LogP contribution is -2.17. The van der Waals surface area contributed by atoms with Gasteiger partial charge in [0, 0.05) is 51.0 Å². The largest absolute Gasteiger partial charge is 0.475 e. The highest BCUT2D eigenvalue weighted by Crippen LogP contribution is 2.37. The first-order valence-corrected chi connectivity index (χ1v) is 22.5. The maximum atomic E-state index is 13.6. The minimum absolute atomic E-state index is 0.0428. The van der Waals surface area contributed by atoms with Crippen LogP contribution in [-0.4, -0.2) is 49.5 Å². The van der Waals surface area contributed by atoms with Crippen molar-refractivity contribution in [2.75, 3.05) is 10.6 Å². The molecule has 14 nitrogen and oxygen atoms in total. The number of nitrogens with zero attached hydrogens (tertiary/aromatic N) is 3. The van der Waals surface area contributed by atoms with Crippen molar-refractivity contribution in [3.63, 3.8) is 0 Å². The van der Waals surface area contributed by atoms with Crippen molar-refractivity contribution in [1.29, 1.82) is 0 Å². The zero-order valence-corrected chi connectivity index (χ0v) is 35.8. The van der Waals surface area contributed by atoms with Crippen LogP contribution in [0.5, 0.6) is 5.88 Å². The molecule has 61 heavy (non-hydrogen) atoms. The van der Waals surface area contributed by atoms with Crippen LogP contribution in [0.4, 0.5) is 15.8 Å². The standard InChI is InChI=1S/C22H22ClN3O4S.C20H18ClFN4O3S/c1-14(2)30-22-18(7-5-11-25-22)17-10-9-16(13-20(17)31(24,28)29)26-21(27)12-15-6-3-4-8-19(15)23;21-20-12(2-1-3-17(20)22)8-19(27)25-14-4-7-16(18(9-14)30(23,28)29)13-10-24-26(11-13)15-5-6-15/h3-11,13-14H,12H2,1-2H3,(H,26,27)(H2,24,28,29);1-4,7,9-11,15H,5-6,8H2,(H,25,27)(H2,23,28,29). The van der Waals surface area contributed by atoms with Gasteiger partial charge in [-0.05, 0) is 86.3 Å². The van der Waals surface area contributed by atoms with Gasteiger partial charge < -0.3 is 15.4 Å². The Morgan fingerprint density at radius 1 is 0.803 bits per heavy atom. The van der Waals surface area contributed by atoms with Gasteiger partial charge in [-0.25, -0.2) is 36.5 Å². The number of carbonyl (C=O) groups excluding carboxylic acids is 2. The van der Waals surface area contributed by atoms with Crippen molar-refractivity contribution < 1.29 is 35.6 Å². The van der Waals surface area contributed by atoms with E-state index in [4.69, 9.17) is 38.2 Å². The zero-order valence-electron chi connectivity index (χ0n) is 32.7. The quantitative estimate of drug-likeness (QED) is 0.0899. The van der Waals surface area contributed by atoms with Crippen LogP contribution in [0.1, 0.15) is 43.9 Å². The van der Waals surface area contributed by atoms with E-state index in [1.54, 1.807) is 90.0 Å². The molecule has 4 aromatic carbocycles. The number of amides is 2. The molecule has 1 fully saturated rings. The number of ether oxygens (including phenoxy) is 1. The Hall–Kier alpha value is -5.69. The average molecular weight is 909 g/mol. The van der Waals surface area contributed by atoms with Gasteiger partial charge >= 0.3 is 0 Å². The van der Waals surface area contributed by atoms with E-state index in [0.717, 1.165) is 12.8 Å². The Bertz CT molecular complexity index is 2840. The number of hydrogen-bond donors (Lipinski definition) is 4. The Kier molecular flexibility index (Phi) is 13.9. The van der Waals surface area contributed by atoms with Gasteiger partial charge in [0.15, 0.2) is 0 Å². The molecule has 2 aromatic heterocycles. The molecule has 0 spiro atoms. The lowest BCUT2D eigenvalue weighted by molar-refractivity contribution is -0.116. The van der Waals surface area contributed by atoms with Gasteiger partial charge in [-0.1, -0.05) is 65.7 Å².